The Morgan fingerprint density at radius 2 is 1.92 bits per heavy atom. The highest BCUT2D eigenvalue weighted by molar-refractivity contribution is 5.98. The van der Waals surface area contributed by atoms with Gasteiger partial charge in [0.2, 0.25) is 5.91 Å². The van der Waals surface area contributed by atoms with Crippen LogP contribution in [0.3, 0.4) is 0 Å². The van der Waals surface area contributed by atoms with Crippen LogP contribution < -0.4 is 10.9 Å². The molecule has 1 saturated heterocycles. The van der Waals surface area contributed by atoms with E-state index >= 15 is 0 Å². The second-order valence-electron chi connectivity index (χ2n) is 7.30. The van der Waals surface area contributed by atoms with Gasteiger partial charge in [-0.15, -0.1) is 0 Å². The van der Waals surface area contributed by atoms with E-state index in [2.05, 4.69) is 5.32 Å². The largest absolute Gasteiger partial charge is 0.458 e. The molecule has 1 aromatic carbocycles. The molecule has 4 rings (SSSR count). The summed E-state index contributed by atoms with van der Waals surface area (Å²) in [5, 5.41) is 3.70. The maximum Gasteiger partial charge on any atom is 0.336 e. The summed E-state index contributed by atoms with van der Waals surface area (Å²) >= 11 is 0. The van der Waals surface area contributed by atoms with Crippen LogP contribution in [-0.4, -0.2) is 17.5 Å². The summed E-state index contributed by atoms with van der Waals surface area (Å²) in [7, 11) is 0. The zero-order chi connectivity index (χ0) is 18.3. The molecule has 1 aromatic heterocycles. The van der Waals surface area contributed by atoms with Gasteiger partial charge in [0.25, 0.3) is 0 Å². The van der Waals surface area contributed by atoms with Crippen molar-refractivity contribution in [2.45, 2.75) is 51.0 Å². The van der Waals surface area contributed by atoms with Crippen LogP contribution >= 0.6 is 0 Å². The van der Waals surface area contributed by atoms with Gasteiger partial charge in [0, 0.05) is 23.2 Å². The van der Waals surface area contributed by atoms with Crippen LogP contribution in [0.25, 0.3) is 11.0 Å². The Balaban J connectivity index is 1.60. The normalized spacial score (nSPS) is 21.7. The van der Waals surface area contributed by atoms with E-state index in [4.69, 9.17) is 9.15 Å². The van der Waals surface area contributed by atoms with Gasteiger partial charge in [-0.3, -0.25) is 9.59 Å². The van der Waals surface area contributed by atoms with E-state index in [1.54, 1.807) is 12.1 Å². The second kappa shape index (κ2) is 6.27. The van der Waals surface area contributed by atoms with Crippen molar-refractivity contribution in [3.05, 3.63) is 40.2 Å². The summed E-state index contributed by atoms with van der Waals surface area (Å²) < 4.78 is 10.8. The molecule has 0 bridgehead atoms. The van der Waals surface area contributed by atoms with E-state index in [0.717, 1.165) is 43.1 Å². The summed E-state index contributed by atoms with van der Waals surface area (Å²) in [6, 6.07) is 6.68. The van der Waals surface area contributed by atoms with Gasteiger partial charge in [0.15, 0.2) is 0 Å². The maximum absolute atomic E-state index is 12.9. The Hall–Kier alpha value is -2.63. The van der Waals surface area contributed by atoms with Crippen molar-refractivity contribution in [2.75, 3.05) is 5.32 Å². The van der Waals surface area contributed by atoms with Crippen molar-refractivity contribution < 1.29 is 18.7 Å². The van der Waals surface area contributed by atoms with Crippen LogP contribution in [0.2, 0.25) is 0 Å². The van der Waals surface area contributed by atoms with Crippen LogP contribution in [0, 0.1) is 12.8 Å². The van der Waals surface area contributed by atoms with Crippen LogP contribution in [0.4, 0.5) is 5.69 Å². The smallest absolute Gasteiger partial charge is 0.336 e. The number of carbonyl (C=O) groups is 2. The molecule has 1 spiro atoms. The predicted octanol–water partition coefficient (Wildman–Crippen LogP) is 3.31. The number of rotatable bonds is 2. The molecule has 2 aliphatic rings. The van der Waals surface area contributed by atoms with Crippen molar-refractivity contribution in [1.82, 2.24) is 0 Å². The molecule has 1 unspecified atom stereocenters. The summed E-state index contributed by atoms with van der Waals surface area (Å²) in [6.45, 7) is 1.84. The molecule has 2 heterocycles. The lowest BCUT2D eigenvalue weighted by Gasteiger charge is -2.36. The Labute approximate surface area is 150 Å². The number of esters is 1. The van der Waals surface area contributed by atoms with Crippen molar-refractivity contribution in [3.63, 3.8) is 0 Å². The number of fused-ring (bicyclic) bond motifs is 1. The average molecular weight is 355 g/mol. The number of amides is 1. The van der Waals surface area contributed by atoms with Crippen molar-refractivity contribution >= 4 is 28.5 Å². The summed E-state index contributed by atoms with van der Waals surface area (Å²) in [4.78, 5) is 36.3. The molecule has 1 saturated carbocycles. The third kappa shape index (κ3) is 2.89. The van der Waals surface area contributed by atoms with Gasteiger partial charge < -0.3 is 14.5 Å². The molecule has 26 heavy (non-hydrogen) atoms. The van der Waals surface area contributed by atoms with Gasteiger partial charge >= 0.3 is 11.6 Å². The third-order valence-electron chi connectivity index (χ3n) is 5.56. The van der Waals surface area contributed by atoms with Crippen molar-refractivity contribution in [3.8, 4) is 0 Å². The van der Waals surface area contributed by atoms with Crippen LogP contribution in [0.5, 0.6) is 0 Å². The third-order valence-corrected chi connectivity index (χ3v) is 5.56. The summed E-state index contributed by atoms with van der Waals surface area (Å²) in [5.41, 5.74) is 0.722. The molecule has 2 fully saturated rings. The van der Waals surface area contributed by atoms with Crippen LogP contribution in [-0.2, 0) is 14.3 Å². The first-order chi connectivity index (χ1) is 12.5. The molecule has 136 valence electrons. The molecule has 0 radical (unpaired) electrons. The first-order valence-corrected chi connectivity index (χ1v) is 9.04. The number of anilines is 1. The monoisotopic (exact) mass is 355 g/mol. The highest BCUT2D eigenvalue weighted by Gasteiger charge is 2.52. The van der Waals surface area contributed by atoms with Gasteiger partial charge in [0.1, 0.15) is 11.2 Å². The van der Waals surface area contributed by atoms with Crippen LogP contribution in [0.15, 0.2) is 33.5 Å². The minimum atomic E-state index is -0.653. The SMILES string of the molecule is Cc1cc(=O)oc2cc(NC(=O)C3CC(=O)OC34CCCCC4)ccc12. The quantitative estimate of drug-likeness (QED) is 0.660. The minimum absolute atomic E-state index is 0.119. The lowest BCUT2D eigenvalue weighted by atomic mass is 9.75. The fourth-order valence-corrected chi connectivity index (χ4v) is 4.26. The standard InChI is InChI=1S/C20H21NO5/c1-12-9-17(22)25-16-10-13(5-6-14(12)16)21-19(24)15-11-18(23)26-20(15)7-3-2-4-8-20/h5-6,9-10,15H,2-4,7-8,11H2,1H3,(H,21,24). The lowest BCUT2D eigenvalue weighted by molar-refractivity contribution is -0.153. The molecule has 2 aromatic rings. The number of hydrogen-bond acceptors (Lipinski definition) is 5. The van der Waals surface area contributed by atoms with E-state index < -0.39 is 17.1 Å². The first kappa shape index (κ1) is 16.8. The molecule has 6 nitrogen and oxygen atoms in total. The van der Waals surface area contributed by atoms with Gasteiger partial charge in [-0.05, 0) is 50.3 Å². The zero-order valence-electron chi connectivity index (χ0n) is 14.7. The van der Waals surface area contributed by atoms with E-state index in [1.807, 2.05) is 13.0 Å². The molecule has 1 atom stereocenters. The molecule has 6 heteroatoms. The summed E-state index contributed by atoms with van der Waals surface area (Å²) in [6.07, 6.45) is 4.64. The number of nitrogens with one attached hydrogen (secondary N) is 1. The highest BCUT2D eigenvalue weighted by Crippen LogP contribution is 2.44. The molecule has 1 aliphatic carbocycles. The first-order valence-electron chi connectivity index (χ1n) is 9.04. The van der Waals surface area contributed by atoms with Crippen molar-refractivity contribution in [2.24, 2.45) is 5.92 Å². The topological polar surface area (TPSA) is 85.6 Å². The molecular formula is C20H21NO5. The van der Waals surface area contributed by atoms with Crippen molar-refractivity contribution in [1.29, 1.82) is 0 Å². The molecule has 1 aliphatic heterocycles. The Morgan fingerprint density at radius 1 is 1.15 bits per heavy atom. The number of aryl methyl sites for hydroxylation is 1. The van der Waals surface area contributed by atoms with E-state index in [-0.39, 0.29) is 18.3 Å². The fourth-order valence-electron chi connectivity index (χ4n) is 4.26. The minimum Gasteiger partial charge on any atom is -0.458 e. The zero-order valence-corrected chi connectivity index (χ0v) is 14.7. The predicted molar refractivity (Wildman–Crippen MR) is 95.9 cm³/mol. The fraction of sp³-hybridized carbons (Fsp3) is 0.450. The van der Waals surface area contributed by atoms with Gasteiger partial charge in [0.05, 0.1) is 12.3 Å². The Kier molecular flexibility index (Phi) is 4.05. The lowest BCUT2D eigenvalue weighted by Crippen LogP contribution is -2.43. The Morgan fingerprint density at radius 3 is 2.69 bits per heavy atom. The maximum atomic E-state index is 12.9. The van der Waals surface area contributed by atoms with Gasteiger partial charge in [-0.25, -0.2) is 4.79 Å². The molecule has 1 N–H and O–H groups in total. The highest BCUT2D eigenvalue weighted by atomic mass is 16.6. The van der Waals surface area contributed by atoms with E-state index in [1.165, 1.54) is 6.07 Å². The summed E-state index contributed by atoms with van der Waals surface area (Å²) in [5.74, 6) is -0.991. The second-order valence-corrected chi connectivity index (χ2v) is 7.30. The van der Waals surface area contributed by atoms with Crippen LogP contribution in [0.1, 0.15) is 44.1 Å². The number of ether oxygens (including phenoxy) is 1. The average Bonchev–Trinajstić information content (AvgIpc) is 2.90. The molecule has 1 amide bonds. The van der Waals surface area contributed by atoms with E-state index in [9.17, 15) is 14.4 Å². The molecular weight excluding hydrogens is 334 g/mol. The van der Waals surface area contributed by atoms with Gasteiger partial charge in [-0.2, -0.15) is 0 Å². The number of benzene rings is 1. The van der Waals surface area contributed by atoms with E-state index in [0.29, 0.717) is 11.3 Å². The number of hydrogen-bond donors (Lipinski definition) is 1. The Bertz CT molecular complexity index is 939. The van der Waals surface area contributed by atoms with Gasteiger partial charge in [-0.1, -0.05) is 6.42 Å². The number of carbonyl (C=O) groups excluding carboxylic acids is 2.